The average molecular weight is 254 g/mol. The molecular formula is C13H22N2O3. The van der Waals surface area contributed by atoms with E-state index in [1.165, 1.54) is 4.90 Å². The zero-order chi connectivity index (χ0) is 13.0. The van der Waals surface area contributed by atoms with E-state index in [2.05, 4.69) is 5.32 Å². The lowest BCUT2D eigenvalue weighted by Crippen LogP contribution is -2.39. The molecule has 2 amide bonds. The van der Waals surface area contributed by atoms with Gasteiger partial charge in [0, 0.05) is 33.2 Å². The molecule has 1 saturated heterocycles. The van der Waals surface area contributed by atoms with Crippen molar-refractivity contribution in [3.05, 3.63) is 0 Å². The molecule has 2 aliphatic rings. The summed E-state index contributed by atoms with van der Waals surface area (Å²) in [5.41, 5.74) is -0.330. The number of rotatable bonds is 6. The van der Waals surface area contributed by atoms with Crippen LogP contribution in [0.2, 0.25) is 0 Å². The first kappa shape index (κ1) is 13.5. The van der Waals surface area contributed by atoms with Crippen LogP contribution in [0.25, 0.3) is 0 Å². The van der Waals surface area contributed by atoms with Crippen LogP contribution in [0, 0.1) is 5.41 Å². The normalized spacial score (nSPS) is 22.4. The van der Waals surface area contributed by atoms with Crippen molar-refractivity contribution in [2.45, 2.75) is 32.1 Å². The zero-order valence-corrected chi connectivity index (χ0v) is 11.0. The van der Waals surface area contributed by atoms with Gasteiger partial charge in [-0.2, -0.15) is 0 Å². The number of imide groups is 1. The Morgan fingerprint density at radius 3 is 2.67 bits per heavy atom. The minimum Gasteiger partial charge on any atom is -0.383 e. The smallest absolute Gasteiger partial charge is 0.235 e. The van der Waals surface area contributed by atoms with Crippen LogP contribution in [0.4, 0.5) is 0 Å². The van der Waals surface area contributed by atoms with Gasteiger partial charge in [-0.25, -0.2) is 0 Å². The molecule has 1 N–H and O–H groups in total. The van der Waals surface area contributed by atoms with Gasteiger partial charge in [0.2, 0.25) is 11.8 Å². The van der Waals surface area contributed by atoms with Gasteiger partial charge in [0.1, 0.15) is 0 Å². The summed E-state index contributed by atoms with van der Waals surface area (Å²) in [6, 6.07) is 0. The maximum atomic E-state index is 12.3. The van der Waals surface area contributed by atoms with Gasteiger partial charge in [-0.1, -0.05) is 12.8 Å². The molecule has 1 aliphatic heterocycles. The molecule has 1 heterocycles. The van der Waals surface area contributed by atoms with Crippen LogP contribution < -0.4 is 5.32 Å². The summed E-state index contributed by atoms with van der Waals surface area (Å²) in [6.07, 6.45) is 4.39. The summed E-state index contributed by atoms with van der Waals surface area (Å²) in [4.78, 5) is 25.7. The van der Waals surface area contributed by atoms with Crippen LogP contribution in [-0.4, -0.2) is 50.1 Å². The third kappa shape index (κ3) is 2.57. The quantitative estimate of drug-likeness (QED) is 0.555. The molecule has 0 radical (unpaired) electrons. The van der Waals surface area contributed by atoms with Crippen molar-refractivity contribution < 1.29 is 14.3 Å². The number of nitrogens with one attached hydrogen (secondary N) is 1. The molecule has 0 aromatic carbocycles. The fourth-order valence-corrected chi connectivity index (χ4v) is 3.02. The highest BCUT2D eigenvalue weighted by Crippen LogP contribution is 2.46. The number of hydrogen-bond donors (Lipinski definition) is 1. The first-order valence-electron chi connectivity index (χ1n) is 6.74. The van der Waals surface area contributed by atoms with Crippen LogP contribution >= 0.6 is 0 Å². The lowest BCUT2D eigenvalue weighted by atomic mass is 9.84. The van der Waals surface area contributed by atoms with Crippen molar-refractivity contribution in [1.29, 1.82) is 0 Å². The van der Waals surface area contributed by atoms with Gasteiger partial charge < -0.3 is 10.1 Å². The third-order valence-electron chi connectivity index (χ3n) is 4.05. The second-order valence-corrected chi connectivity index (χ2v) is 5.26. The molecular weight excluding hydrogens is 232 g/mol. The number of likely N-dealkylation sites (tertiary alicyclic amines) is 1. The third-order valence-corrected chi connectivity index (χ3v) is 4.05. The summed E-state index contributed by atoms with van der Waals surface area (Å²) in [5, 5.41) is 3.16. The van der Waals surface area contributed by atoms with E-state index in [1.807, 2.05) is 0 Å². The Hall–Kier alpha value is -0.940. The molecule has 0 atom stereocenters. The highest BCUT2D eigenvalue weighted by atomic mass is 16.5. The fraction of sp³-hybridized carbons (Fsp3) is 0.846. The Morgan fingerprint density at radius 2 is 2.00 bits per heavy atom. The van der Waals surface area contributed by atoms with Crippen molar-refractivity contribution >= 4 is 11.8 Å². The lowest BCUT2D eigenvalue weighted by Gasteiger charge is -2.20. The molecule has 0 bridgehead atoms. The van der Waals surface area contributed by atoms with Gasteiger partial charge in [0.05, 0.1) is 12.0 Å². The first-order chi connectivity index (χ1) is 8.69. The number of amides is 2. The molecule has 2 fully saturated rings. The predicted octanol–water partition coefficient (Wildman–Crippen LogP) is 0.542. The summed E-state index contributed by atoms with van der Waals surface area (Å²) < 4.78 is 4.92. The largest absolute Gasteiger partial charge is 0.383 e. The first-order valence-corrected chi connectivity index (χ1v) is 6.74. The Bertz CT molecular complexity index is 324. The average Bonchev–Trinajstić information content (AvgIpc) is 2.90. The topological polar surface area (TPSA) is 58.6 Å². The number of hydrogen-bond acceptors (Lipinski definition) is 4. The van der Waals surface area contributed by atoms with Crippen molar-refractivity contribution in [2.24, 2.45) is 5.41 Å². The molecule has 5 nitrogen and oxygen atoms in total. The SMILES string of the molecule is COCCNCCN1C(=O)CC2(CCCC2)C1=O. The van der Waals surface area contributed by atoms with E-state index in [9.17, 15) is 9.59 Å². The van der Waals surface area contributed by atoms with Crippen LogP contribution in [0.15, 0.2) is 0 Å². The Morgan fingerprint density at radius 1 is 1.28 bits per heavy atom. The van der Waals surface area contributed by atoms with Crippen molar-refractivity contribution in [3.8, 4) is 0 Å². The standard InChI is InChI=1S/C13H22N2O3/c1-18-9-7-14-6-8-15-11(16)10-13(12(15)17)4-2-3-5-13/h14H,2-10H2,1H3. The Kier molecular flexibility index (Phi) is 4.35. The van der Waals surface area contributed by atoms with Gasteiger partial charge in [0.15, 0.2) is 0 Å². The minimum atomic E-state index is -0.330. The van der Waals surface area contributed by atoms with E-state index >= 15 is 0 Å². The molecule has 0 aromatic rings. The lowest BCUT2D eigenvalue weighted by molar-refractivity contribution is -0.141. The highest BCUT2D eigenvalue weighted by molar-refractivity contribution is 6.06. The number of ether oxygens (including phenoxy) is 1. The van der Waals surface area contributed by atoms with Gasteiger partial charge in [-0.3, -0.25) is 14.5 Å². The van der Waals surface area contributed by atoms with Crippen LogP contribution in [0.1, 0.15) is 32.1 Å². The predicted molar refractivity (Wildman–Crippen MR) is 67.0 cm³/mol. The number of carbonyl (C=O) groups excluding carboxylic acids is 2. The van der Waals surface area contributed by atoms with E-state index in [0.717, 1.165) is 32.2 Å². The van der Waals surface area contributed by atoms with E-state index in [1.54, 1.807) is 7.11 Å². The van der Waals surface area contributed by atoms with Gasteiger partial charge >= 0.3 is 0 Å². The van der Waals surface area contributed by atoms with E-state index < -0.39 is 0 Å². The molecule has 0 unspecified atom stereocenters. The van der Waals surface area contributed by atoms with Crippen LogP contribution in [0.5, 0.6) is 0 Å². The van der Waals surface area contributed by atoms with Crippen molar-refractivity contribution in [2.75, 3.05) is 33.4 Å². The molecule has 0 aromatic heterocycles. The van der Waals surface area contributed by atoms with Crippen LogP contribution in [0.3, 0.4) is 0 Å². The van der Waals surface area contributed by atoms with Crippen molar-refractivity contribution in [3.63, 3.8) is 0 Å². The maximum Gasteiger partial charge on any atom is 0.235 e. The molecule has 18 heavy (non-hydrogen) atoms. The summed E-state index contributed by atoms with van der Waals surface area (Å²) in [7, 11) is 1.65. The molecule has 5 heteroatoms. The highest BCUT2D eigenvalue weighted by Gasteiger charge is 2.52. The number of nitrogens with zero attached hydrogens (tertiary/aromatic N) is 1. The molecule has 2 rings (SSSR count). The summed E-state index contributed by atoms with van der Waals surface area (Å²) in [5.74, 6) is 0.0778. The van der Waals surface area contributed by atoms with Gasteiger partial charge in [-0.05, 0) is 12.8 Å². The fourth-order valence-electron chi connectivity index (χ4n) is 3.02. The zero-order valence-electron chi connectivity index (χ0n) is 11.0. The minimum absolute atomic E-state index is 0.00967. The monoisotopic (exact) mass is 254 g/mol. The van der Waals surface area contributed by atoms with E-state index in [-0.39, 0.29) is 17.2 Å². The maximum absolute atomic E-state index is 12.3. The number of methoxy groups -OCH3 is 1. The molecule has 1 aliphatic carbocycles. The molecule has 1 spiro atoms. The van der Waals surface area contributed by atoms with Crippen LogP contribution in [-0.2, 0) is 14.3 Å². The summed E-state index contributed by atoms with van der Waals surface area (Å²) >= 11 is 0. The van der Waals surface area contributed by atoms with E-state index in [4.69, 9.17) is 4.74 Å². The van der Waals surface area contributed by atoms with Gasteiger partial charge in [-0.15, -0.1) is 0 Å². The summed E-state index contributed by atoms with van der Waals surface area (Å²) in [6.45, 7) is 2.53. The number of carbonyl (C=O) groups is 2. The van der Waals surface area contributed by atoms with E-state index in [0.29, 0.717) is 26.1 Å². The second kappa shape index (κ2) is 5.80. The Labute approximate surface area is 108 Å². The van der Waals surface area contributed by atoms with Gasteiger partial charge in [0.25, 0.3) is 0 Å². The van der Waals surface area contributed by atoms with Crippen molar-refractivity contribution in [1.82, 2.24) is 10.2 Å². The second-order valence-electron chi connectivity index (χ2n) is 5.26. The molecule has 102 valence electrons. The molecule has 1 saturated carbocycles. The Balaban J connectivity index is 1.82.